The summed E-state index contributed by atoms with van der Waals surface area (Å²) in [6.07, 6.45) is 7.62. The highest BCUT2D eigenvalue weighted by Crippen LogP contribution is 2.32. The largest absolute Gasteiger partial charge is 0.489 e. The molecule has 1 atom stereocenters. The molecular weight excluding hydrogens is 332 g/mol. The predicted molar refractivity (Wildman–Crippen MR) is 108 cm³/mol. The third kappa shape index (κ3) is 4.75. The second-order valence-corrected chi connectivity index (χ2v) is 7.19. The van der Waals surface area contributed by atoms with Gasteiger partial charge in [0.1, 0.15) is 12.4 Å². The van der Waals surface area contributed by atoms with E-state index in [4.69, 9.17) is 4.74 Å². The van der Waals surface area contributed by atoms with Gasteiger partial charge in [-0.25, -0.2) is 0 Å². The minimum atomic E-state index is 0.460. The highest BCUT2D eigenvalue weighted by Gasteiger charge is 2.24. The van der Waals surface area contributed by atoms with Crippen molar-refractivity contribution in [2.24, 2.45) is 0 Å². The quantitative estimate of drug-likeness (QED) is 0.591. The minimum absolute atomic E-state index is 0.460. The summed E-state index contributed by atoms with van der Waals surface area (Å²) >= 11 is 0. The summed E-state index contributed by atoms with van der Waals surface area (Å²) in [7, 11) is 0. The van der Waals surface area contributed by atoms with E-state index in [2.05, 4.69) is 46.3 Å². The molecule has 27 heavy (non-hydrogen) atoms. The van der Waals surface area contributed by atoms with Crippen LogP contribution in [0, 0.1) is 0 Å². The Hall–Kier alpha value is -2.65. The van der Waals surface area contributed by atoms with Gasteiger partial charge in [0.05, 0.1) is 0 Å². The zero-order chi connectivity index (χ0) is 18.3. The van der Waals surface area contributed by atoms with Gasteiger partial charge < -0.3 is 4.74 Å². The van der Waals surface area contributed by atoms with Crippen LogP contribution in [0.25, 0.3) is 0 Å². The molecule has 0 N–H and O–H groups in total. The zero-order valence-corrected chi connectivity index (χ0v) is 15.6. The van der Waals surface area contributed by atoms with Gasteiger partial charge in [0, 0.05) is 25.0 Å². The maximum Gasteiger partial charge on any atom is 0.120 e. The Kier molecular flexibility index (Phi) is 5.80. The highest BCUT2D eigenvalue weighted by molar-refractivity contribution is 5.29. The lowest BCUT2D eigenvalue weighted by molar-refractivity contribution is 0.140. The molecule has 0 saturated carbocycles. The Balaban J connectivity index is 1.43. The van der Waals surface area contributed by atoms with Crippen LogP contribution in [-0.2, 0) is 13.2 Å². The van der Waals surface area contributed by atoms with E-state index in [1.807, 2.05) is 42.7 Å². The summed E-state index contributed by atoms with van der Waals surface area (Å²) in [6, 6.07) is 23.5. The molecule has 0 bridgehead atoms. The van der Waals surface area contributed by atoms with Crippen LogP contribution in [-0.4, -0.2) is 16.4 Å². The van der Waals surface area contributed by atoms with Crippen molar-refractivity contribution in [3.63, 3.8) is 0 Å². The van der Waals surface area contributed by atoms with Crippen LogP contribution in [0.2, 0.25) is 0 Å². The maximum atomic E-state index is 6.00. The van der Waals surface area contributed by atoms with E-state index in [9.17, 15) is 0 Å². The molecule has 3 heteroatoms. The number of hydrogen-bond donors (Lipinski definition) is 0. The summed E-state index contributed by atoms with van der Waals surface area (Å²) in [5.74, 6) is 0.936. The molecule has 1 saturated heterocycles. The van der Waals surface area contributed by atoms with Crippen LogP contribution in [0.1, 0.15) is 42.0 Å². The number of likely N-dealkylation sites (tertiary alicyclic amines) is 1. The molecule has 2 heterocycles. The molecule has 3 aromatic rings. The molecule has 0 unspecified atom stereocenters. The first-order valence-corrected chi connectivity index (χ1v) is 9.78. The predicted octanol–water partition coefficient (Wildman–Crippen LogP) is 5.39. The third-order valence-electron chi connectivity index (χ3n) is 5.22. The van der Waals surface area contributed by atoms with Gasteiger partial charge in [-0.1, -0.05) is 55.0 Å². The Bertz CT molecular complexity index is 835. The first-order valence-electron chi connectivity index (χ1n) is 9.78. The molecule has 138 valence electrons. The second kappa shape index (κ2) is 8.83. The smallest absolute Gasteiger partial charge is 0.120 e. The molecular formula is C24H26N2O. The number of aromatic nitrogens is 1. The normalized spacial score (nSPS) is 17.6. The monoisotopic (exact) mass is 358 g/mol. The number of rotatable bonds is 6. The molecule has 1 aliphatic rings. The molecule has 0 spiro atoms. The standard InChI is InChI=1S/C24H26N2O/c1-2-8-20(9-3-1)19-27-23-12-6-10-21(16-23)18-26-15-5-4-13-24(26)22-11-7-14-25-17-22/h1-3,6-12,14,16-17,24H,4-5,13,15,18-19H2/t24-/m0/s1. The summed E-state index contributed by atoms with van der Waals surface area (Å²) in [5.41, 5.74) is 3.82. The summed E-state index contributed by atoms with van der Waals surface area (Å²) in [4.78, 5) is 6.90. The molecule has 1 fully saturated rings. The molecule has 0 radical (unpaired) electrons. The molecule has 2 aromatic carbocycles. The number of benzene rings is 2. The lowest BCUT2D eigenvalue weighted by atomic mass is 9.96. The van der Waals surface area contributed by atoms with Crippen LogP contribution in [0.5, 0.6) is 5.75 Å². The first-order chi connectivity index (χ1) is 13.4. The van der Waals surface area contributed by atoms with Gasteiger partial charge in [-0.2, -0.15) is 0 Å². The lowest BCUT2D eigenvalue weighted by Gasteiger charge is -2.36. The fourth-order valence-corrected chi connectivity index (χ4v) is 3.84. The number of pyridine rings is 1. The average molecular weight is 358 g/mol. The van der Waals surface area contributed by atoms with Crippen molar-refractivity contribution in [2.75, 3.05) is 6.54 Å². The van der Waals surface area contributed by atoms with Crippen LogP contribution in [0.4, 0.5) is 0 Å². The minimum Gasteiger partial charge on any atom is -0.489 e. The van der Waals surface area contributed by atoms with E-state index in [1.165, 1.54) is 36.0 Å². The van der Waals surface area contributed by atoms with Gasteiger partial charge in [0.2, 0.25) is 0 Å². The van der Waals surface area contributed by atoms with Crippen LogP contribution < -0.4 is 4.74 Å². The Morgan fingerprint density at radius 3 is 2.67 bits per heavy atom. The molecule has 0 amide bonds. The van der Waals surface area contributed by atoms with Crippen molar-refractivity contribution in [1.82, 2.24) is 9.88 Å². The van der Waals surface area contributed by atoms with E-state index in [0.29, 0.717) is 12.6 Å². The summed E-state index contributed by atoms with van der Waals surface area (Å²) in [5, 5.41) is 0. The highest BCUT2D eigenvalue weighted by atomic mass is 16.5. The van der Waals surface area contributed by atoms with Crippen molar-refractivity contribution in [1.29, 1.82) is 0 Å². The zero-order valence-electron chi connectivity index (χ0n) is 15.6. The van der Waals surface area contributed by atoms with Gasteiger partial charge in [-0.05, 0) is 54.3 Å². The van der Waals surface area contributed by atoms with Crippen molar-refractivity contribution in [3.8, 4) is 5.75 Å². The van der Waals surface area contributed by atoms with Crippen LogP contribution in [0.3, 0.4) is 0 Å². The number of nitrogens with zero attached hydrogens (tertiary/aromatic N) is 2. The van der Waals surface area contributed by atoms with Crippen LogP contribution >= 0.6 is 0 Å². The van der Waals surface area contributed by atoms with Crippen molar-refractivity contribution < 1.29 is 4.74 Å². The van der Waals surface area contributed by atoms with Gasteiger partial charge in [0.25, 0.3) is 0 Å². The first kappa shape index (κ1) is 17.7. The van der Waals surface area contributed by atoms with Crippen molar-refractivity contribution in [2.45, 2.75) is 38.5 Å². The second-order valence-electron chi connectivity index (χ2n) is 7.19. The third-order valence-corrected chi connectivity index (χ3v) is 5.22. The fourth-order valence-electron chi connectivity index (χ4n) is 3.84. The fraction of sp³-hybridized carbons (Fsp3) is 0.292. The summed E-state index contributed by atoms with van der Waals surface area (Å²) in [6.45, 7) is 2.68. The van der Waals surface area contributed by atoms with Crippen LogP contribution in [0.15, 0.2) is 79.1 Å². The molecule has 4 rings (SSSR count). The number of hydrogen-bond acceptors (Lipinski definition) is 3. The van der Waals surface area contributed by atoms with E-state index in [-0.39, 0.29) is 0 Å². The van der Waals surface area contributed by atoms with Gasteiger partial charge in [0.15, 0.2) is 0 Å². The van der Waals surface area contributed by atoms with E-state index in [0.717, 1.165) is 18.8 Å². The van der Waals surface area contributed by atoms with Gasteiger partial charge in [-0.3, -0.25) is 9.88 Å². The average Bonchev–Trinajstić information content (AvgIpc) is 2.74. The molecule has 1 aromatic heterocycles. The van der Waals surface area contributed by atoms with Crippen molar-refractivity contribution >= 4 is 0 Å². The molecule has 0 aliphatic carbocycles. The number of ether oxygens (including phenoxy) is 1. The van der Waals surface area contributed by atoms with E-state index in [1.54, 1.807) is 0 Å². The Labute approximate surface area is 161 Å². The van der Waals surface area contributed by atoms with E-state index < -0.39 is 0 Å². The topological polar surface area (TPSA) is 25.4 Å². The van der Waals surface area contributed by atoms with Gasteiger partial charge >= 0.3 is 0 Å². The summed E-state index contributed by atoms with van der Waals surface area (Å²) < 4.78 is 6.00. The molecule has 3 nitrogen and oxygen atoms in total. The maximum absolute atomic E-state index is 6.00. The lowest BCUT2D eigenvalue weighted by Crippen LogP contribution is -2.32. The SMILES string of the molecule is c1ccc(COc2cccc(CN3CCCC[C@H]3c3cccnc3)c2)cc1. The number of piperidine rings is 1. The van der Waals surface area contributed by atoms with E-state index >= 15 is 0 Å². The van der Waals surface area contributed by atoms with Gasteiger partial charge in [-0.15, -0.1) is 0 Å². The Morgan fingerprint density at radius 2 is 1.81 bits per heavy atom. The molecule has 1 aliphatic heterocycles. The Morgan fingerprint density at radius 1 is 0.926 bits per heavy atom. The van der Waals surface area contributed by atoms with Crippen molar-refractivity contribution in [3.05, 3.63) is 95.8 Å².